The van der Waals surface area contributed by atoms with Crippen LogP contribution in [-0.2, 0) is 10.2 Å². The summed E-state index contributed by atoms with van der Waals surface area (Å²) < 4.78 is 27.9. The van der Waals surface area contributed by atoms with E-state index in [1.165, 1.54) is 4.31 Å². The normalized spacial score (nSPS) is 19.5. The minimum absolute atomic E-state index is 0.340. The predicted octanol–water partition coefficient (Wildman–Crippen LogP) is -0.560. The maximum atomic E-state index is 12.1. The highest BCUT2D eigenvalue weighted by atomic mass is 32.2. The third-order valence-electron chi connectivity index (χ3n) is 3.28. The molecule has 0 amide bonds. The molecule has 6 nitrogen and oxygen atoms in total. The van der Waals surface area contributed by atoms with E-state index in [1.807, 2.05) is 0 Å². The summed E-state index contributed by atoms with van der Waals surface area (Å²) in [4.78, 5) is 0. The number of hydrogen-bond donors (Lipinski definition) is 3. The first-order chi connectivity index (χ1) is 7.99. The Morgan fingerprint density at radius 1 is 1.18 bits per heavy atom. The van der Waals surface area contributed by atoms with E-state index in [0.717, 1.165) is 19.3 Å². The van der Waals surface area contributed by atoms with Crippen molar-refractivity contribution in [1.82, 2.24) is 9.03 Å². The fourth-order valence-electron chi connectivity index (χ4n) is 1.85. The van der Waals surface area contributed by atoms with Gasteiger partial charge in [-0.3, -0.25) is 0 Å². The quantitative estimate of drug-likeness (QED) is 0.601. The molecular formula is C10H22N2O4S. The molecule has 0 bridgehead atoms. The van der Waals surface area contributed by atoms with Crippen molar-refractivity contribution in [2.75, 3.05) is 26.3 Å². The average molecular weight is 266 g/mol. The standard InChI is InChI=1S/C10H22N2O4S/c1-2-10(8-13,9-14)11-17(15,16)12-6-4-3-5-7-12/h11,13-14H,2-9H2,1H3. The molecule has 1 saturated heterocycles. The Morgan fingerprint density at radius 2 is 1.71 bits per heavy atom. The van der Waals surface area contributed by atoms with Crippen molar-refractivity contribution in [3.8, 4) is 0 Å². The van der Waals surface area contributed by atoms with Crippen LogP contribution in [0.25, 0.3) is 0 Å². The van der Waals surface area contributed by atoms with Gasteiger partial charge in [-0.2, -0.15) is 17.4 Å². The van der Waals surface area contributed by atoms with Crippen LogP contribution in [0.15, 0.2) is 0 Å². The van der Waals surface area contributed by atoms with Crippen LogP contribution in [0.2, 0.25) is 0 Å². The summed E-state index contributed by atoms with van der Waals surface area (Å²) in [5, 5.41) is 18.5. The molecule has 3 N–H and O–H groups in total. The van der Waals surface area contributed by atoms with Crippen LogP contribution >= 0.6 is 0 Å². The van der Waals surface area contributed by atoms with Crippen molar-refractivity contribution >= 4 is 10.2 Å². The van der Waals surface area contributed by atoms with Gasteiger partial charge in [0.05, 0.1) is 18.8 Å². The molecule has 1 aliphatic rings. The summed E-state index contributed by atoms with van der Waals surface area (Å²) in [5.41, 5.74) is -1.16. The van der Waals surface area contributed by atoms with Crippen LogP contribution in [0.5, 0.6) is 0 Å². The number of hydrogen-bond acceptors (Lipinski definition) is 4. The zero-order chi connectivity index (χ0) is 12.9. The van der Waals surface area contributed by atoms with Crippen molar-refractivity contribution in [2.45, 2.75) is 38.1 Å². The third kappa shape index (κ3) is 3.62. The van der Waals surface area contributed by atoms with Gasteiger partial charge >= 0.3 is 0 Å². The molecular weight excluding hydrogens is 244 g/mol. The number of nitrogens with zero attached hydrogens (tertiary/aromatic N) is 1. The predicted molar refractivity (Wildman–Crippen MR) is 64.7 cm³/mol. The number of nitrogens with one attached hydrogen (secondary N) is 1. The molecule has 17 heavy (non-hydrogen) atoms. The van der Waals surface area contributed by atoms with Crippen LogP contribution < -0.4 is 4.72 Å². The fraction of sp³-hybridized carbons (Fsp3) is 1.00. The monoisotopic (exact) mass is 266 g/mol. The van der Waals surface area contributed by atoms with E-state index >= 15 is 0 Å². The summed E-state index contributed by atoms with van der Waals surface area (Å²) in [5.74, 6) is 0. The van der Waals surface area contributed by atoms with Gasteiger partial charge < -0.3 is 10.2 Å². The SMILES string of the molecule is CCC(CO)(CO)NS(=O)(=O)N1CCCCC1. The van der Waals surface area contributed by atoms with Gasteiger partial charge in [-0.25, -0.2) is 0 Å². The van der Waals surface area contributed by atoms with E-state index in [1.54, 1.807) is 6.92 Å². The molecule has 0 saturated carbocycles. The number of aliphatic hydroxyl groups is 2. The zero-order valence-corrected chi connectivity index (χ0v) is 11.0. The summed E-state index contributed by atoms with van der Waals surface area (Å²) in [7, 11) is -3.61. The largest absolute Gasteiger partial charge is 0.394 e. The van der Waals surface area contributed by atoms with Crippen molar-refractivity contribution in [1.29, 1.82) is 0 Å². The van der Waals surface area contributed by atoms with Gasteiger partial charge in [-0.05, 0) is 19.3 Å². The second kappa shape index (κ2) is 6.10. The number of rotatable bonds is 6. The van der Waals surface area contributed by atoms with Crippen LogP contribution in [-0.4, -0.2) is 54.8 Å². The van der Waals surface area contributed by atoms with Crippen molar-refractivity contribution in [3.63, 3.8) is 0 Å². The molecule has 0 aromatic heterocycles. The molecule has 1 rings (SSSR count). The average Bonchev–Trinajstić information content (AvgIpc) is 2.37. The van der Waals surface area contributed by atoms with Crippen molar-refractivity contribution in [2.24, 2.45) is 0 Å². The van der Waals surface area contributed by atoms with E-state index < -0.39 is 29.0 Å². The fourth-order valence-corrected chi connectivity index (χ4v) is 3.54. The number of piperidine rings is 1. The Morgan fingerprint density at radius 3 is 2.12 bits per heavy atom. The van der Waals surface area contributed by atoms with E-state index in [9.17, 15) is 18.6 Å². The second-order valence-electron chi connectivity index (χ2n) is 4.52. The first-order valence-electron chi connectivity index (χ1n) is 6.00. The molecule has 1 fully saturated rings. The molecule has 1 aliphatic heterocycles. The van der Waals surface area contributed by atoms with Gasteiger partial charge in [-0.15, -0.1) is 0 Å². The Balaban J connectivity index is 2.76. The molecule has 0 aromatic carbocycles. The van der Waals surface area contributed by atoms with E-state index in [-0.39, 0.29) is 0 Å². The summed E-state index contributed by atoms with van der Waals surface area (Å²) in [6, 6.07) is 0. The molecule has 0 aromatic rings. The van der Waals surface area contributed by atoms with E-state index in [2.05, 4.69) is 4.72 Å². The Kier molecular flexibility index (Phi) is 5.33. The van der Waals surface area contributed by atoms with Crippen LogP contribution in [0, 0.1) is 0 Å². The lowest BCUT2D eigenvalue weighted by Crippen LogP contribution is -2.58. The molecule has 7 heteroatoms. The van der Waals surface area contributed by atoms with Crippen LogP contribution in [0.3, 0.4) is 0 Å². The lowest BCUT2D eigenvalue weighted by atomic mass is 10.0. The topological polar surface area (TPSA) is 89.9 Å². The van der Waals surface area contributed by atoms with Gasteiger partial charge in [0.25, 0.3) is 10.2 Å². The molecule has 0 aliphatic carbocycles. The van der Waals surface area contributed by atoms with Crippen molar-refractivity contribution in [3.05, 3.63) is 0 Å². The highest BCUT2D eigenvalue weighted by Crippen LogP contribution is 2.16. The number of aliphatic hydroxyl groups excluding tert-OH is 2. The molecule has 0 radical (unpaired) electrons. The zero-order valence-electron chi connectivity index (χ0n) is 10.2. The molecule has 102 valence electrons. The lowest BCUT2D eigenvalue weighted by molar-refractivity contribution is 0.103. The molecule has 0 atom stereocenters. The second-order valence-corrected chi connectivity index (χ2v) is 6.19. The van der Waals surface area contributed by atoms with Crippen molar-refractivity contribution < 1.29 is 18.6 Å². The Hall–Kier alpha value is -0.210. The van der Waals surface area contributed by atoms with Crippen LogP contribution in [0.4, 0.5) is 0 Å². The molecule has 0 spiro atoms. The third-order valence-corrected chi connectivity index (χ3v) is 5.02. The summed E-state index contributed by atoms with van der Waals surface area (Å²) in [6.07, 6.45) is 3.11. The highest BCUT2D eigenvalue weighted by Gasteiger charge is 2.35. The first kappa shape index (κ1) is 14.8. The van der Waals surface area contributed by atoms with Gasteiger partial charge in [0.2, 0.25) is 0 Å². The van der Waals surface area contributed by atoms with Gasteiger partial charge in [0, 0.05) is 13.1 Å². The first-order valence-corrected chi connectivity index (χ1v) is 7.44. The maximum Gasteiger partial charge on any atom is 0.280 e. The maximum absolute atomic E-state index is 12.1. The minimum Gasteiger partial charge on any atom is -0.394 e. The van der Waals surface area contributed by atoms with Gasteiger partial charge in [0.1, 0.15) is 0 Å². The van der Waals surface area contributed by atoms with Gasteiger partial charge in [0.15, 0.2) is 0 Å². The van der Waals surface area contributed by atoms with E-state index in [0.29, 0.717) is 19.5 Å². The van der Waals surface area contributed by atoms with Crippen LogP contribution in [0.1, 0.15) is 32.6 Å². The highest BCUT2D eigenvalue weighted by molar-refractivity contribution is 7.87. The summed E-state index contributed by atoms with van der Waals surface area (Å²) >= 11 is 0. The molecule has 0 unspecified atom stereocenters. The van der Waals surface area contributed by atoms with E-state index in [4.69, 9.17) is 0 Å². The summed E-state index contributed by atoms with van der Waals surface area (Å²) in [6.45, 7) is 1.92. The van der Waals surface area contributed by atoms with Gasteiger partial charge in [-0.1, -0.05) is 13.3 Å². The minimum atomic E-state index is -3.61. The Bertz CT molecular complexity index is 313. The lowest BCUT2D eigenvalue weighted by Gasteiger charge is -2.34. The Labute approximate surface area is 103 Å². The molecule has 1 heterocycles. The smallest absolute Gasteiger partial charge is 0.280 e.